The zero-order chi connectivity index (χ0) is 25.6. The number of hydrogen-bond acceptors (Lipinski definition) is 7. The molecule has 35 heavy (non-hydrogen) atoms. The molecule has 0 spiro atoms. The van der Waals surface area contributed by atoms with Crippen molar-refractivity contribution in [3.8, 4) is 28.7 Å². The maximum absolute atomic E-state index is 13.2. The van der Waals surface area contributed by atoms with Gasteiger partial charge in [0.1, 0.15) is 0 Å². The smallest absolute Gasteiger partial charge is 0.203 e. The number of hydrogen-bond donors (Lipinski definition) is 0. The minimum Gasteiger partial charge on any atom is -0.493 e. The zero-order valence-corrected chi connectivity index (χ0v) is 21.7. The molecule has 0 saturated carbocycles. The van der Waals surface area contributed by atoms with Gasteiger partial charge in [0, 0.05) is 5.02 Å². The number of sulfone groups is 1. The standard InChI is InChI=1S/C26H27ClO7S/c1-30-22-13-18(10-9-17-11-24(32-3)26(34-5)25(12-17)33-4)19(14-23(22)31-2)16-35(28,29)21-8-6-7-20(27)15-21/h6-15H,16H2,1-5H3/b10-9-. The number of rotatable bonds is 10. The SMILES string of the molecule is COc1cc(/C=C\c2cc(OC)c(OC)c(OC)c2)c(CS(=O)(=O)c2cccc(Cl)c2)cc1OC. The van der Waals surface area contributed by atoms with Gasteiger partial charge in [0.15, 0.2) is 32.8 Å². The second-order valence-corrected chi connectivity index (χ2v) is 9.84. The molecule has 0 radical (unpaired) electrons. The van der Waals surface area contributed by atoms with Crippen molar-refractivity contribution in [2.75, 3.05) is 35.5 Å². The second-order valence-electron chi connectivity index (χ2n) is 7.41. The highest BCUT2D eigenvalue weighted by atomic mass is 35.5. The average Bonchev–Trinajstić information content (AvgIpc) is 2.86. The molecule has 0 unspecified atom stereocenters. The lowest BCUT2D eigenvalue weighted by Crippen LogP contribution is -2.07. The van der Waals surface area contributed by atoms with Crippen LogP contribution in [0.5, 0.6) is 28.7 Å². The van der Waals surface area contributed by atoms with Gasteiger partial charge in [-0.1, -0.05) is 29.8 Å². The van der Waals surface area contributed by atoms with Gasteiger partial charge in [0.25, 0.3) is 0 Å². The number of halogens is 1. The predicted octanol–water partition coefficient (Wildman–Crippen LogP) is 5.53. The molecule has 3 aromatic carbocycles. The molecule has 0 aromatic heterocycles. The molecule has 0 heterocycles. The molecule has 3 aromatic rings. The van der Waals surface area contributed by atoms with Crippen LogP contribution in [0.1, 0.15) is 16.7 Å². The van der Waals surface area contributed by atoms with E-state index in [4.69, 9.17) is 35.3 Å². The van der Waals surface area contributed by atoms with Crippen molar-refractivity contribution in [1.29, 1.82) is 0 Å². The maximum Gasteiger partial charge on any atom is 0.203 e. The van der Waals surface area contributed by atoms with Crippen molar-refractivity contribution in [2.45, 2.75) is 10.6 Å². The Kier molecular flexibility index (Phi) is 8.53. The molecule has 0 aliphatic carbocycles. The van der Waals surface area contributed by atoms with Crippen molar-refractivity contribution < 1.29 is 32.1 Å². The van der Waals surface area contributed by atoms with Gasteiger partial charge >= 0.3 is 0 Å². The Morgan fingerprint density at radius 3 is 1.89 bits per heavy atom. The topological polar surface area (TPSA) is 80.3 Å². The fourth-order valence-electron chi connectivity index (χ4n) is 3.55. The van der Waals surface area contributed by atoms with Gasteiger partial charge < -0.3 is 23.7 Å². The monoisotopic (exact) mass is 518 g/mol. The first kappa shape index (κ1) is 26.2. The molecule has 186 valence electrons. The first-order chi connectivity index (χ1) is 16.8. The van der Waals surface area contributed by atoms with Gasteiger partial charge in [-0.3, -0.25) is 0 Å². The molecule has 7 nitrogen and oxygen atoms in total. The molecule has 3 rings (SSSR count). The Bertz CT molecular complexity index is 1310. The largest absolute Gasteiger partial charge is 0.493 e. The Balaban J connectivity index is 2.09. The molecule has 0 atom stereocenters. The fourth-order valence-corrected chi connectivity index (χ4v) is 5.22. The van der Waals surface area contributed by atoms with Crippen LogP contribution in [0, 0.1) is 0 Å². The zero-order valence-electron chi connectivity index (χ0n) is 20.1. The van der Waals surface area contributed by atoms with Crippen molar-refractivity contribution in [1.82, 2.24) is 0 Å². The van der Waals surface area contributed by atoms with Crippen LogP contribution in [0.4, 0.5) is 0 Å². The fraction of sp³-hybridized carbons (Fsp3) is 0.231. The summed E-state index contributed by atoms with van der Waals surface area (Å²) in [5, 5.41) is 0.348. The Morgan fingerprint density at radius 2 is 1.34 bits per heavy atom. The average molecular weight is 519 g/mol. The number of benzene rings is 3. The Labute approximate surface area is 210 Å². The van der Waals surface area contributed by atoms with Gasteiger partial charge in [-0.25, -0.2) is 8.42 Å². The predicted molar refractivity (Wildman–Crippen MR) is 137 cm³/mol. The van der Waals surface area contributed by atoms with Crippen molar-refractivity contribution >= 4 is 33.6 Å². The molecule has 0 saturated heterocycles. The molecule has 0 amide bonds. The summed E-state index contributed by atoms with van der Waals surface area (Å²) in [5.41, 5.74) is 1.94. The summed E-state index contributed by atoms with van der Waals surface area (Å²) >= 11 is 6.02. The van der Waals surface area contributed by atoms with E-state index in [0.717, 1.165) is 5.56 Å². The van der Waals surface area contributed by atoms with E-state index in [2.05, 4.69) is 0 Å². The minimum atomic E-state index is -3.69. The number of methoxy groups -OCH3 is 5. The van der Waals surface area contributed by atoms with E-state index in [0.29, 0.717) is 44.9 Å². The van der Waals surface area contributed by atoms with E-state index in [9.17, 15) is 8.42 Å². The highest BCUT2D eigenvalue weighted by molar-refractivity contribution is 7.90. The van der Waals surface area contributed by atoms with Gasteiger partial charge in [-0.2, -0.15) is 0 Å². The van der Waals surface area contributed by atoms with Crippen LogP contribution < -0.4 is 23.7 Å². The normalized spacial score (nSPS) is 11.4. The third-order valence-electron chi connectivity index (χ3n) is 5.29. The first-order valence-electron chi connectivity index (χ1n) is 10.5. The molecule has 0 bridgehead atoms. The minimum absolute atomic E-state index is 0.138. The summed E-state index contributed by atoms with van der Waals surface area (Å²) in [6.07, 6.45) is 3.62. The summed E-state index contributed by atoms with van der Waals surface area (Å²) < 4.78 is 53.4. The summed E-state index contributed by atoms with van der Waals surface area (Å²) in [7, 11) is 3.94. The summed E-state index contributed by atoms with van der Waals surface area (Å²) in [6.45, 7) is 0. The summed E-state index contributed by atoms with van der Waals surface area (Å²) in [5.74, 6) is 2.12. The molecular formula is C26H27ClO7S. The second kappa shape index (κ2) is 11.4. The lowest BCUT2D eigenvalue weighted by Gasteiger charge is -2.14. The van der Waals surface area contributed by atoms with Crippen LogP contribution in [0.3, 0.4) is 0 Å². The highest BCUT2D eigenvalue weighted by Crippen LogP contribution is 2.39. The third-order valence-corrected chi connectivity index (χ3v) is 7.19. The Hall–Kier alpha value is -3.36. The molecule has 9 heteroatoms. The van der Waals surface area contributed by atoms with E-state index >= 15 is 0 Å². The van der Waals surface area contributed by atoms with Gasteiger partial charge in [-0.15, -0.1) is 0 Å². The Morgan fingerprint density at radius 1 is 0.743 bits per heavy atom. The molecule has 0 aliphatic heterocycles. The summed E-state index contributed by atoms with van der Waals surface area (Å²) in [4.78, 5) is 0.138. The quantitative estimate of drug-likeness (QED) is 0.326. The van der Waals surface area contributed by atoms with Gasteiger partial charge in [0.2, 0.25) is 5.75 Å². The van der Waals surface area contributed by atoms with Crippen molar-refractivity contribution in [3.63, 3.8) is 0 Å². The van der Waals surface area contributed by atoms with Crippen LogP contribution in [0.25, 0.3) is 12.2 Å². The third kappa shape index (κ3) is 6.01. The first-order valence-corrected chi connectivity index (χ1v) is 12.5. The van der Waals surface area contributed by atoms with E-state index in [1.165, 1.54) is 47.7 Å². The van der Waals surface area contributed by atoms with Crippen molar-refractivity contribution in [3.05, 3.63) is 70.2 Å². The summed E-state index contributed by atoms with van der Waals surface area (Å²) in [6, 6.07) is 13.2. The lowest BCUT2D eigenvalue weighted by molar-refractivity contribution is 0.324. The highest BCUT2D eigenvalue weighted by Gasteiger charge is 2.20. The van der Waals surface area contributed by atoms with Crippen LogP contribution in [-0.4, -0.2) is 44.0 Å². The molecule has 0 aliphatic rings. The van der Waals surface area contributed by atoms with Crippen LogP contribution in [0.15, 0.2) is 53.4 Å². The molecule has 0 fully saturated rings. The van der Waals surface area contributed by atoms with Gasteiger partial charge in [0.05, 0.1) is 46.2 Å². The molecular weight excluding hydrogens is 492 g/mol. The van der Waals surface area contributed by atoms with Gasteiger partial charge in [-0.05, 0) is 59.2 Å². The van der Waals surface area contributed by atoms with Crippen LogP contribution in [0.2, 0.25) is 5.02 Å². The maximum atomic E-state index is 13.2. The molecule has 0 N–H and O–H groups in total. The van der Waals surface area contributed by atoms with E-state index in [1.807, 2.05) is 6.08 Å². The van der Waals surface area contributed by atoms with Crippen molar-refractivity contribution in [2.24, 2.45) is 0 Å². The number of ether oxygens (including phenoxy) is 5. The van der Waals surface area contributed by atoms with E-state index in [-0.39, 0.29) is 10.6 Å². The van der Waals surface area contributed by atoms with E-state index in [1.54, 1.807) is 42.5 Å². The lowest BCUT2D eigenvalue weighted by atomic mass is 10.1. The van der Waals surface area contributed by atoms with Crippen LogP contribution in [-0.2, 0) is 15.6 Å². The van der Waals surface area contributed by atoms with E-state index < -0.39 is 9.84 Å². The van der Waals surface area contributed by atoms with Crippen LogP contribution >= 0.6 is 11.6 Å².